The number of amides is 4. The van der Waals surface area contributed by atoms with Crippen LogP contribution in [0, 0.1) is 0 Å². The van der Waals surface area contributed by atoms with Crippen molar-refractivity contribution in [3.63, 3.8) is 0 Å². The van der Waals surface area contributed by atoms with Crippen LogP contribution in [0.5, 0.6) is 0 Å². The average Bonchev–Trinajstić information content (AvgIpc) is 3.31. The number of rotatable bonds is 18. The Morgan fingerprint density at radius 2 is 0.879 bits per heavy atom. The van der Waals surface area contributed by atoms with Gasteiger partial charge in [-0.1, -0.05) is 0 Å². The van der Waals surface area contributed by atoms with Crippen LogP contribution in [-0.4, -0.2) is 122 Å². The van der Waals surface area contributed by atoms with Crippen molar-refractivity contribution in [2.75, 3.05) is 72.7 Å². The Hall–Kier alpha value is -2.52. The molecule has 2 aliphatic heterocycles. The van der Waals surface area contributed by atoms with E-state index in [1.54, 1.807) is 0 Å². The summed E-state index contributed by atoms with van der Waals surface area (Å²) < 4.78 is 26.2. The van der Waals surface area contributed by atoms with E-state index in [9.17, 15) is 24.3 Å². The highest BCUT2D eigenvalue weighted by Crippen LogP contribution is 2.26. The molecule has 0 aromatic heterocycles. The normalized spacial score (nSPS) is 16.2. The van der Waals surface area contributed by atoms with E-state index in [2.05, 4.69) is 0 Å². The molecule has 0 radical (unpaired) electrons. The fraction of sp³-hybridized carbons (Fsp3) is 0.600. The number of nitrogens with zero attached hydrogens (tertiary/aromatic N) is 2. The lowest BCUT2D eigenvalue weighted by atomic mass is 10.3. The number of hydrogen-bond donors (Lipinski definition) is 2. The summed E-state index contributed by atoms with van der Waals surface area (Å²) >= 11 is 0. The van der Waals surface area contributed by atoms with Crippen LogP contribution in [0.4, 0.5) is 0 Å². The maximum atomic E-state index is 12.0. The van der Waals surface area contributed by atoms with E-state index in [1.165, 1.54) is 0 Å². The lowest BCUT2D eigenvalue weighted by Gasteiger charge is -2.40. The molecular weight excluding hydrogens is 444 g/mol. The monoisotopic (exact) mass is 472 g/mol. The zero-order chi connectivity index (χ0) is 24.1. The van der Waals surface area contributed by atoms with Gasteiger partial charge in [0.15, 0.2) is 0 Å². The average molecular weight is 472 g/mol. The number of imide groups is 2. The summed E-state index contributed by atoms with van der Waals surface area (Å²) in [6.45, 7) is 1.70. The van der Waals surface area contributed by atoms with Crippen molar-refractivity contribution in [2.24, 2.45) is 0 Å². The first-order valence-electron chi connectivity index (χ1n) is 10.3. The minimum atomic E-state index is -2.61. The Bertz CT molecular complexity index is 674. The van der Waals surface area contributed by atoms with E-state index in [0.717, 1.165) is 24.3 Å². The summed E-state index contributed by atoms with van der Waals surface area (Å²) in [5, 5.41) is 19.5. The maximum Gasteiger partial charge on any atom is 0.262 e. The van der Waals surface area contributed by atoms with Crippen LogP contribution in [0.2, 0.25) is 0 Å². The van der Waals surface area contributed by atoms with E-state index < -0.39 is 36.1 Å². The highest BCUT2D eigenvalue weighted by molar-refractivity contribution is 6.16. The third-order valence-electron chi connectivity index (χ3n) is 4.35. The van der Waals surface area contributed by atoms with Gasteiger partial charge in [0, 0.05) is 24.3 Å². The summed E-state index contributed by atoms with van der Waals surface area (Å²) in [5.41, 5.74) is 0. The van der Waals surface area contributed by atoms with Crippen LogP contribution in [-0.2, 0) is 42.9 Å². The minimum absolute atomic E-state index is 0.0282. The standard InChI is InChI=1S/C20H28N2O11/c23-5-6-29-7-8-30-9-10-31-11-12-32-13-14-33-15-20(28,21-16(24)1-2-17(21)25)22-18(26)3-4-19(22)27/h1-4,23,28H,5-15H2. The van der Waals surface area contributed by atoms with Crippen LogP contribution in [0.25, 0.3) is 0 Å². The molecule has 0 fully saturated rings. The fourth-order valence-electron chi connectivity index (χ4n) is 2.89. The molecule has 0 bridgehead atoms. The summed E-state index contributed by atoms with van der Waals surface area (Å²) in [6, 6.07) is 0. The topological polar surface area (TPSA) is 161 Å². The molecule has 0 aromatic carbocycles. The first-order valence-corrected chi connectivity index (χ1v) is 10.3. The van der Waals surface area contributed by atoms with Gasteiger partial charge in [-0.05, 0) is 0 Å². The second-order valence-electron chi connectivity index (χ2n) is 6.69. The first-order chi connectivity index (χ1) is 15.9. The molecule has 2 aliphatic rings. The van der Waals surface area contributed by atoms with Crippen molar-refractivity contribution in [3.05, 3.63) is 24.3 Å². The van der Waals surface area contributed by atoms with Crippen molar-refractivity contribution in [1.82, 2.24) is 9.80 Å². The van der Waals surface area contributed by atoms with Crippen LogP contribution in [0.1, 0.15) is 0 Å². The molecule has 0 aromatic rings. The number of aliphatic hydroxyl groups excluding tert-OH is 1. The van der Waals surface area contributed by atoms with Crippen molar-refractivity contribution in [2.45, 2.75) is 5.85 Å². The van der Waals surface area contributed by atoms with E-state index in [4.69, 9.17) is 28.8 Å². The fourth-order valence-corrected chi connectivity index (χ4v) is 2.89. The molecular formula is C20H28N2O11. The third-order valence-corrected chi connectivity index (χ3v) is 4.35. The molecule has 0 atom stereocenters. The molecule has 2 N–H and O–H groups in total. The van der Waals surface area contributed by atoms with Crippen molar-refractivity contribution in [1.29, 1.82) is 0 Å². The number of ether oxygens (including phenoxy) is 5. The van der Waals surface area contributed by atoms with Gasteiger partial charge >= 0.3 is 0 Å². The second kappa shape index (κ2) is 13.9. The lowest BCUT2D eigenvalue weighted by Crippen LogP contribution is -2.67. The zero-order valence-electron chi connectivity index (χ0n) is 18.1. The Morgan fingerprint density at radius 1 is 0.576 bits per heavy atom. The van der Waals surface area contributed by atoms with E-state index >= 15 is 0 Å². The van der Waals surface area contributed by atoms with Crippen LogP contribution >= 0.6 is 0 Å². The Kier molecular flexibility index (Phi) is 11.3. The van der Waals surface area contributed by atoms with Gasteiger partial charge in [0.25, 0.3) is 29.5 Å². The lowest BCUT2D eigenvalue weighted by molar-refractivity contribution is -0.225. The summed E-state index contributed by atoms with van der Waals surface area (Å²) in [4.78, 5) is 48.9. The summed E-state index contributed by atoms with van der Waals surface area (Å²) in [7, 11) is 0. The van der Waals surface area contributed by atoms with E-state index in [1.807, 2.05) is 0 Å². The number of hydrogen-bond acceptors (Lipinski definition) is 11. The SMILES string of the molecule is O=C1C=CC(=O)N1C(O)(COCCOCCOCCOCCOCCO)N1C(=O)C=CC1=O. The number of carbonyl (C=O) groups excluding carboxylic acids is 4. The number of carbonyl (C=O) groups is 4. The molecule has 2 heterocycles. The van der Waals surface area contributed by atoms with Crippen molar-refractivity contribution < 1.29 is 53.1 Å². The zero-order valence-corrected chi connectivity index (χ0v) is 18.1. The van der Waals surface area contributed by atoms with Gasteiger partial charge < -0.3 is 33.9 Å². The Morgan fingerprint density at radius 3 is 1.21 bits per heavy atom. The van der Waals surface area contributed by atoms with E-state index in [0.29, 0.717) is 42.8 Å². The third kappa shape index (κ3) is 7.78. The van der Waals surface area contributed by atoms with Crippen LogP contribution in [0.15, 0.2) is 24.3 Å². The molecule has 0 saturated heterocycles. The molecule has 4 amide bonds. The van der Waals surface area contributed by atoms with Gasteiger partial charge in [-0.3, -0.25) is 19.2 Å². The van der Waals surface area contributed by atoms with Gasteiger partial charge in [-0.2, -0.15) is 0 Å². The predicted octanol–water partition coefficient (Wildman–Crippen LogP) is -2.44. The second-order valence-corrected chi connectivity index (χ2v) is 6.69. The first kappa shape index (κ1) is 26.7. The molecule has 13 nitrogen and oxygen atoms in total. The molecule has 0 aliphatic carbocycles. The van der Waals surface area contributed by atoms with Crippen LogP contribution in [0.3, 0.4) is 0 Å². The van der Waals surface area contributed by atoms with Crippen molar-refractivity contribution in [3.8, 4) is 0 Å². The Labute approximate surface area is 190 Å². The van der Waals surface area contributed by atoms with E-state index in [-0.39, 0.29) is 33.0 Å². The Balaban J connectivity index is 1.63. The van der Waals surface area contributed by atoms with Gasteiger partial charge in [-0.25, -0.2) is 9.80 Å². The minimum Gasteiger partial charge on any atom is -0.394 e. The summed E-state index contributed by atoms with van der Waals surface area (Å²) in [5.74, 6) is -6.13. The molecule has 0 unspecified atom stereocenters. The molecule has 184 valence electrons. The molecule has 0 spiro atoms. The smallest absolute Gasteiger partial charge is 0.262 e. The molecule has 33 heavy (non-hydrogen) atoms. The van der Waals surface area contributed by atoms with Gasteiger partial charge in [0.2, 0.25) is 0 Å². The summed E-state index contributed by atoms with van der Waals surface area (Å²) in [6.07, 6.45) is 3.69. The molecule has 2 rings (SSSR count). The predicted molar refractivity (Wildman–Crippen MR) is 108 cm³/mol. The number of aliphatic hydroxyl groups is 2. The van der Waals surface area contributed by atoms with Crippen molar-refractivity contribution >= 4 is 23.6 Å². The largest absolute Gasteiger partial charge is 0.394 e. The highest BCUT2D eigenvalue weighted by Gasteiger charge is 2.53. The molecule has 13 heteroatoms. The quantitative estimate of drug-likeness (QED) is 0.161. The molecule has 0 saturated carbocycles. The van der Waals surface area contributed by atoms with Gasteiger partial charge in [-0.15, -0.1) is 0 Å². The highest BCUT2D eigenvalue weighted by atomic mass is 16.6. The van der Waals surface area contributed by atoms with Crippen LogP contribution < -0.4 is 0 Å². The van der Waals surface area contributed by atoms with Gasteiger partial charge in [0.05, 0.1) is 66.1 Å². The maximum absolute atomic E-state index is 12.0. The van der Waals surface area contributed by atoms with Gasteiger partial charge in [0.1, 0.15) is 6.61 Å².